The van der Waals surface area contributed by atoms with Gasteiger partial charge in [0.05, 0.1) is 18.2 Å². The number of ketones is 1. The highest BCUT2D eigenvalue weighted by atomic mass is 127. The number of amides is 1. The number of aliphatic hydroxyl groups excluding tert-OH is 1. The fourth-order valence-electron chi connectivity index (χ4n) is 3.63. The monoisotopic (exact) mass is 548 g/mol. The smallest absolute Gasteiger partial charge is 0.295 e. The topological polar surface area (TPSA) is 70.1 Å². The molecule has 3 rings (SSSR count). The standard InChI is InChI=1S/C25H29IN2O4/c1-4-5-15-32-20-8-6-7-18(16-20)23(29)21-22(17-9-11-19(26)12-10-17)28(14-13-27(2)3)25(31)24(21)30/h6-12,16,22,29H,4-5,13-15H2,1-3H3/b23-21+. The zero-order valence-electron chi connectivity index (χ0n) is 18.7. The molecule has 0 spiro atoms. The van der Waals surface area contributed by atoms with Gasteiger partial charge in [-0.2, -0.15) is 0 Å². The van der Waals surface area contributed by atoms with Crippen LogP contribution in [0.3, 0.4) is 0 Å². The lowest BCUT2D eigenvalue weighted by Crippen LogP contribution is -2.35. The summed E-state index contributed by atoms with van der Waals surface area (Å²) >= 11 is 2.21. The molecule has 1 N–H and O–H groups in total. The first-order valence-corrected chi connectivity index (χ1v) is 11.8. The Morgan fingerprint density at radius 3 is 2.53 bits per heavy atom. The van der Waals surface area contributed by atoms with Crippen LogP contribution in [0.4, 0.5) is 0 Å². The zero-order chi connectivity index (χ0) is 23.3. The molecule has 1 aliphatic rings. The minimum atomic E-state index is -0.665. The van der Waals surface area contributed by atoms with Gasteiger partial charge in [-0.25, -0.2) is 0 Å². The molecule has 0 aromatic heterocycles. The second-order valence-corrected chi connectivity index (χ2v) is 9.32. The van der Waals surface area contributed by atoms with Gasteiger partial charge >= 0.3 is 0 Å². The second-order valence-electron chi connectivity index (χ2n) is 8.08. The number of carbonyl (C=O) groups is 2. The van der Waals surface area contributed by atoms with Crippen LogP contribution in [0, 0.1) is 3.57 Å². The lowest BCUT2D eigenvalue weighted by molar-refractivity contribution is -0.140. The highest BCUT2D eigenvalue weighted by molar-refractivity contribution is 14.1. The number of rotatable bonds is 9. The van der Waals surface area contributed by atoms with Crippen molar-refractivity contribution in [3.8, 4) is 5.75 Å². The van der Waals surface area contributed by atoms with Crippen LogP contribution in [0.2, 0.25) is 0 Å². The Labute approximate surface area is 203 Å². The summed E-state index contributed by atoms with van der Waals surface area (Å²) in [5.41, 5.74) is 1.36. The number of halogens is 1. The molecular weight excluding hydrogens is 519 g/mol. The van der Waals surface area contributed by atoms with Crippen molar-refractivity contribution in [3.05, 3.63) is 68.8 Å². The van der Waals surface area contributed by atoms with E-state index >= 15 is 0 Å². The quantitative estimate of drug-likeness (QED) is 0.165. The minimum absolute atomic E-state index is 0.112. The van der Waals surface area contributed by atoms with E-state index in [1.165, 1.54) is 0 Å². The first kappa shape index (κ1) is 24.3. The average Bonchev–Trinajstić information content (AvgIpc) is 3.03. The largest absolute Gasteiger partial charge is 0.507 e. The van der Waals surface area contributed by atoms with Crippen LogP contribution >= 0.6 is 22.6 Å². The molecule has 0 radical (unpaired) electrons. The van der Waals surface area contributed by atoms with Crippen LogP contribution in [0.1, 0.15) is 36.9 Å². The number of likely N-dealkylation sites (tertiary alicyclic amines) is 1. The summed E-state index contributed by atoms with van der Waals surface area (Å²) in [5.74, 6) is -0.815. The van der Waals surface area contributed by atoms with E-state index in [0.717, 1.165) is 22.0 Å². The van der Waals surface area contributed by atoms with E-state index in [4.69, 9.17) is 4.74 Å². The van der Waals surface area contributed by atoms with Gasteiger partial charge in [0.15, 0.2) is 0 Å². The number of unbranched alkanes of at least 4 members (excludes halogenated alkanes) is 1. The van der Waals surface area contributed by atoms with Crippen molar-refractivity contribution in [1.82, 2.24) is 9.80 Å². The van der Waals surface area contributed by atoms with Gasteiger partial charge in [0.1, 0.15) is 11.5 Å². The van der Waals surface area contributed by atoms with Crippen LogP contribution in [0.25, 0.3) is 5.76 Å². The lowest BCUT2D eigenvalue weighted by Gasteiger charge is -2.26. The van der Waals surface area contributed by atoms with Crippen molar-refractivity contribution in [2.45, 2.75) is 25.8 Å². The predicted molar refractivity (Wildman–Crippen MR) is 134 cm³/mol. The Morgan fingerprint density at radius 2 is 1.88 bits per heavy atom. The van der Waals surface area contributed by atoms with Crippen LogP contribution in [-0.4, -0.2) is 60.4 Å². The Balaban J connectivity index is 2.05. The fraction of sp³-hybridized carbons (Fsp3) is 0.360. The van der Waals surface area contributed by atoms with Crippen LogP contribution < -0.4 is 4.74 Å². The molecule has 2 aromatic rings. The van der Waals surface area contributed by atoms with Crippen LogP contribution in [0.15, 0.2) is 54.1 Å². The highest BCUT2D eigenvalue weighted by Gasteiger charge is 2.45. The maximum atomic E-state index is 13.1. The van der Waals surface area contributed by atoms with E-state index < -0.39 is 17.7 Å². The minimum Gasteiger partial charge on any atom is -0.507 e. The van der Waals surface area contributed by atoms with Gasteiger partial charge in [-0.3, -0.25) is 9.59 Å². The maximum Gasteiger partial charge on any atom is 0.295 e. The number of likely N-dealkylation sites (N-methyl/N-ethyl adjacent to an activating group) is 1. The van der Waals surface area contributed by atoms with Crippen molar-refractivity contribution in [3.63, 3.8) is 0 Å². The van der Waals surface area contributed by atoms with E-state index in [0.29, 0.717) is 31.0 Å². The van der Waals surface area contributed by atoms with E-state index in [1.807, 2.05) is 49.3 Å². The van der Waals surface area contributed by atoms with E-state index in [-0.39, 0.29) is 11.3 Å². The molecule has 1 amide bonds. The number of nitrogens with zero attached hydrogens (tertiary/aromatic N) is 2. The molecule has 1 atom stereocenters. The number of benzene rings is 2. The molecule has 0 saturated carbocycles. The summed E-state index contributed by atoms with van der Waals surface area (Å²) in [6.07, 6.45) is 1.95. The summed E-state index contributed by atoms with van der Waals surface area (Å²) in [7, 11) is 3.83. The average molecular weight is 548 g/mol. The van der Waals surface area contributed by atoms with Gasteiger partial charge in [-0.05, 0) is 72.9 Å². The SMILES string of the molecule is CCCCOc1cccc(/C(O)=C2\C(=O)C(=O)N(CCN(C)C)C2c2ccc(I)cc2)c1. The molecule has 2 aromatic carbocycles. The molecule has 1 aliphatic heterocycles. The van der Waals surface area contributed by atoms with Crippen molar-refractivity contribution in [2.75, 3.05) is 33.8 Å². The number of hydrogen-bond donors (Lipinski definition) is 1. The maximum absolute atomic E-state index is 13.1. The Morgan fingerprint density at radius 1 is 1.16 bits per heavy atom. The molecule has 0 bridgehead atoms. The van der Waals surface area contributed by atoms with Crippen molar-refractivity contribution >= 4 is 40.0 Å². The second kappa shape index (κ2) is 11.0. The van der Waals surface area contributed by atoms with Crippen LogP contribution in [-0.2, 0) is 9.59 Å². The van der Waals surface area contributed by atoms with Gasteiger partial charge in [0.25, 0.3) is 11.7 Å². The van der Waals surface area contributed by atoms with E-state index in [9.17, 15) is 14.7 Å². The zero-order valence-corrected chi connectivity index (χ0v) is 20.8. The normalized spacial score (nSPS) is 17.9. The molecule has 1 unspecified atom stereocenters. The molecule has 32 heavy (non-hydrogen) atoms. The Hall–Kier alpha value is -2.39. The van der Waals surface area contributed by atoms with Crippen molar-refractivity contribution in [1.29, 1.82) is 0 Å². The summed E-state index contributed by atoms with van der Waals surface area (Å²) in [5, 5.41) is 11.2. The van der Waals surface area contributed by atoms with Crippen LogP contribution in [0.5, 0.6) is 5.75 Å². The first-order chi connectivity index (χ1) is 15.3. The third kappa shape index (κ3) is 5.50. The van der Waals surface area contributed by atoms with E-state index in [2.05, 4.69) is 29.5 Å². The van der Waals surface area contributed by atoms with Gasteiger partial charge in [-0.15, -0.1) is 0 Å². The number of Topliss-reactive ketones (excluding diaryl/α,β-unsaturated/α-hetero) is 1. The molecule has 7 heteroatoms. The van der Waals surface area contributed by atoms with Gasteiger partial charge in [0.2, 0.25) is 0 Å². The Kier molecular flexibility index (Phi) is 8.31. The lowest BCUT2D eigenvalue weighted by atomic mass is 9.95. The molecule has 0 aliphatic carbocycles. The third-order valence-corrected chi connectivity index (χ3v) is 6.11. The van der Waals surface area contributed by atoms with Gasteiger partial charge in [-0.1, -0.05) is 37.6 Å². The molecule has 1 saturated heterocycles. The first-order valence-electron chi connectivity index (χ1n) is 10.7. The van der Waals surface area contributed by atoms with Gasteiger partial charge in [0, 0.05) is 22.2 Å². The molecular formula is C25H29IN2O4. The van der Waals surface area contributed by atoms with Crippen molar-refractivity contribution < 1.29 is 19.4 Å². The fourth-order valence-corrected chi connectivity index (χ4v) is 3.99. The summed E-state index contributed by atoms with van der Waals surface area (Å²) in [4.78, 5) is 29.5. The molecule has 6 nitrogen and oxygen atoms in total. The number of aliphatic hydroxyl groups is 1. The number of carbonyl (C=O) groups excluding carboxylic acids is 2. The predicted octanol–water partition coefficient (Wildman–Crippen LogP) is 4.45. The summed E-state index contributed by atoms with van der Waals surface area (Å²) in [6, 6.07) is 14.1. The highest BCUT2D eigenvalue weighted by Crippen LogP contribution is 2.39. The van der Waals surface area contributed by atoms with Crippen molar-refractivity contribution in [2.24, 2.45) is 0 Å². The molecule has 1 fully saturated rings. The Bertz CT molecular complexity index is 1000. The third-order valence-electron chi connectivity index (χ3n) is 5.39. The van der Waals surface area contributed by atoms with E-state index in [1.54, 1.807) is 23.1 Å². The number of ether oxygens (including phenoxy) is 1. The molecule has 170 valence electrons. The van der Waals surface area contributed by atoms with Gasteiger partial charge < -0.3 is 19.6 Å². The number of hydrogen-bond acceptors (Lipinski definition) is 5. The molecule has 1 heterocycles. The summed E-state index contributed by atoms with van der Waals surface area (Å²) < 4.78 is 6.81. The summed E-state index contributed by atoms with van der Waals surface area (Å²) in [6.45, 7) is 3.66.